The molecular weight excluding hydrogens is 282 g/mol. The van der Waals surface area contributed by atoms with Gasteiger partial charge < -0.3 is 9.47 Å². The molecule has 5 nitrogen and oxygen atoms in total. The smallest absolute Gasteiger partial charge is 0.326 e. The van der Waals surface area contributed by atoms with E-state index >= 15 is 0 Å². The summed E-state index contributed by atoms with van der Waals surface area (Å²) in [5.74, 6) is 0.0727. The molecule has 118 valence electrons. The van der Waals surface area contributed by atoms with Crippen LogP contribution in [0.4, 0.5) is 5.69 Å². The number of fused-ring (bicyclic) bond motifs is 1. The fraction of sp³-hybridized carbons (Fsp3) is 0.529. The number of carbonyl (C=O) groups excluding carboxylic acids is 2. The van der Waals surface area contributed by atoms with Gasteiger partial charge in [-0.15, -0.1) is 0 Å². The Hall–Kier alpha value is -2.04. The lowest BCUT2D eigenvalue weighted by molar-refractivity contribution is -0.149. The van der Waals surface area contributed by atoms with Gasteiger partial charge in [0.15, 0.2) is 6.10 Å². The van der Waals surface area contributed by atoms with Crippen LogP contribution in [0, 0.1) is 0 Å². The molecule has 0 unspecified atom stereocenters. The van der Waals surface area contributed by atoms with Crippen LogP contribution in [0.5, 0.6) is 5.75 Å². The number of nitrogens with zero attached hydrogens (tertiary/aromatic N) is 1. The van der Waals surface area contributed by atoms with E-state index in [1.807, 2.05) is 12.1 Å². The van der Waals surface area contributed by atoms with Crippen molar-refractivity contribution in [2.75, 3.05) is 11.4 Å². The molecular formula is C17H21NO4. The summed E-state index contributed by atoms with van der Waals surface area (Å²) in [6.07, 6.45) is 4.69. The first-order valence-corrected chi connectivity index (χ1v) is 7.91. The molecule has 0 saturated heterocycles. The van der Waals surface area contributed by atoms with E-state index in [4.69, 9.17) is 9.47 Å². The Labute approximate surface area is 130 Å². The zero-order chi connectivity index (χ0) is 15.5. The van der Waals surface area contributed by atoms with Crippen LogP contribution in [-0.4, -0.2) is 30.6 Å². The van der Waals surface area contributed by atoms with Gasteiger partial charge in [0, 0.05) is 0 Å². The zero-order valence-electron chi connectivity index (χ0n) is 12.8. The topological polar surface area (TPSA) is 55.8 Å². The molecule has 5 heteroatoms. The molecule has 1 aromatic carbocycles. The molecule has 0 spiro atoms. The quantitative estimate of drug-likeness (QED) is 0.806. The Bertz CT molecular complexity index is 566. The predicted octanol–water partition coefficient (Wildman–Crippen LogP) is 2.68. The second-order valence-electron chi connectivity index (χ2n) is 5.90. The van der Waals surface area contributed by atoms with Gasteiger partial charge in [0.2, 0.25) is 0 Å². The molecule has 3 rings (SSSR count). The lowest BCUT2D eigenvalue weighted by Crippen LogP contribution is -2.47. The van der Waals surface area contributed by atoms with Crippen LogP contribution >= 0.6 is 0 Å². The highest BCUT2D eigenvalue weighted by Crippen LogP contribution is 2.33. The summed E-state index contributed by atoms with van der Waals surface area (Å²) in [4.78, 5) is 26.0. The minimum absolute atomic E-state index is 0.00469. The molecule has 1 saturated carbocycles. The molecule has 0 radical (unpaired) electrons. The van der Waals surface area contributed by atoms with Crippen molar-refractivity contribution in [1.82, 2.24) is 0 Å². The van der Waals surface area contributed by atoms with Crippen LogP contribution in [0.1, 0.15) is 39.0 Å². The summed E-state index contributed by atoms with van der Waals surface area (Å²) in [6, 6.07) is 7.26. The van der Waals surface area contributed by atoms with Gasteiger partial charge in [-0.3, -0.25) is 14.5 Å². The number of hydrogen-bond acceptors (Lipinski definition) is 4. The van der Waals surface area contributed by atoms with E-state index in [9.17, 15) is 9.59 Å². The second kappa shape index (κ2) is 6.38. The van der Waals surface area contributed by atoms with Crippen molar-refractivity contribution in [3.63, 3.8) is 0 Å². The number of carbonyl (C=O) groups is 2. The number of hydrogen-bond donors (Lipinski definition) is 0. The van der Waals surface area contributed by atoms with Crippen LogP contribution in [0.15, 0.2) is 24.3 Å². The Kier molecular flexibility index (Phi) is 4.32. The van der Waals surface area contributed by atoms with Crippen LogP contribution in [0.25, 0.3) is 0 Å². The van der Waals surface area contributed by atoms with Crippen molar-refractivity contribution >= 4 is 17.6 Å². The zero-order valence-corrected chi connectivity index (χ0v) is 12.8. The standard InChI is InChI=1S/C17H21NO4/c1-12-17(20)18(14-9-5-6-10-15(14)21-12)11-16(19)22-13-7-3-2-4-8-13/h5-6,9-10,12-13H,2-4,7-8,11H2,1H3/t12-/m0/s1. The van der Waals surface area contributed by atoms with Crippen LogP contribution in [0.2, 0.25) is 0 Å². The summed E-state index contributed by atoms with van der Waals surface area (Å²) in [6.45, 7) is 1.64. The third kappa shape index (κ3) is 3.08. The minimum Gasteiger partial charge on any atom is -0.479 e. The van der Waals surface area contributed by atoms with Gasteiger partial charge >= 0.3 is 5.97 Å². The first kappa shape index (κ1) is 14.9. The molecule has 22 heavy (non-hydrogen) atoms. The lowest BCUT2D eigenvalue weighted by Gasteiger charge is -2.32. The van der Waals surface area contributed by atoms with Gasteiger partial charge in [-0.25, -0.2) is 0 Å². The molecule has 1 aromatic rings. The number of ether oxygens (including phenoxy) is 2. The van der Waals surface area contributed by atoms with Crippen molar-refractivity contribution in [2.45, 2.75) is 51.2 Å². The van der Waals surface area contributed by atoms with E-state index in [2.05, 4.69) is 0 Å². The third-order valence-corrected chi connectivity index (χ3v) is 4.21. The molecule has 1 heterocycles. The highest BCUT2D eigenvalue weighted by molar-refractivity contribution is 6.02. The lowest BCUT2D eigenvalue weighted by atomic mass is 9.98. The highest BCUT2D eigenvalue weighted by atomic mass is 16.5. The van der Waals surface area contributed by atoms with Gasteiger partial charge in [-0.2, -0.15) is 0 Å². The van der Waals surface area contributed by atoms with Crippen LogP contribution < -0.4 is 9.64 Å². The Morgan fingerprint density at radius 2 is 2.00 bits per heavy atom. The maximum Gasteiger partial charge on any atom is 0.326 e. The van der Waals surface area contributed by atoms with Gasteiger partial charge in [-0.05, 0) is 44.7 Å². The molecule has 0 bridgehead atoms. The molecule has 1 fully saturated rings. The van der Waals surface area contributed by atoms with Gasteiger partial charge in [0.1, 0.15) is 18.4 Å². The molecule has 2 aliphatic rings. The third-order valence-electron chi connectivity index (χ3n) is 4.21. The van der Waals surface area contributed by atoms with Crippen LogP contribution in [0.3, 0.4) is 0 Å². The van der Waals surface area contributed by atoms with E-state index < -0.39 is 6.10 Å². The number of para-hydroxylation sites is 2. The van der Waals surface area contributed by atoms with E-state index in [0.29, 0.717) is 11.4 Å². The monoisotopic (exact) mass is 303 g/mol. The maximum absolute atomic E-state index is 12.3. The number of esters is 1. The average Bonchev–Trinajstić information content (AvgIpc) is 2.53. The summed E-state index contributed by atoms with van der Waals surface area (Å²) >= 11 is 0. The molecule has 1 aliphatic heterocycles. The first-order valence-electron chi connectivity index (χ1n) is 7.91. The number of anilines is 1. The molecule has 0 aromatic heterocycles. The fourth-order valence-electron chi connectivity index (χ4n) is 3.06. The summed E-state index contributed by atoms with van der Waals surface area (Å²) in [5.41, 5.74) is 0.631. The highest BCUT2D eigenvalue weighted by Gasteiger charge is 2.33. The maximum atomic E-state index is 12.3. The van der Waals surface area contributed by atoms with Crippen molar-refractivity contribution in [3.05, 3.63) is 24.3 Å². The predicted molar refractivity (Wildman–Crippen MR) is 81.9 cm³/mol. The number of rotatable bonds is 3. The van der Waals surface area contributed by atoms with E-state index in [1.54, 1.807) is 19.1 Å². The molecule has 0 N–H and O–H groups in total. The molecule has 1 atom stereocenters. The van der Waals surface area contributed by atoms with Crippen molar-refractivity contribution < 1.29 is 19.1 Å². The second-order valence-corrected chi connectivity index (χ2v) is 5.90. The van der Waals surface area contributed by atoms with Crippen molar-refractivity contribution in [3.8, 4) is 5.75 Å². The largest absolute Gasteiger partial charge is 0.479 e. The van der Waals surface area contributed by atoms with Crippen molar-refractivity contribution in [1.29, 1.82) is 0 Å². The Morgan fingerprint density at radius 1 is 1.27 bits per heavy atom. The summed E-state index contributed by atoms with van der Waals surface area (Å²) < 4.78 is 11.1. The van der Waals surface area contributed by atoms with Gasteiger partial charge in [-0.1, -0.05) is 18.6 Å². The van der Waals surface area contributed by atoms with E-state index in [-0.39, 0.29) is 24.5 Å². The molecule has 1 aliphatic carbocycles. The summed E-state index contributed by atoms with van der Waals surface area (Å²) in [7, 11) is 0. The van der Waals surface area contributed by atoms with Gasteiger partial charge in [0.25, 0.3) is 5.91 Å². The minimum atomic E-state index is -0.586. The number of amides is 1. The fourth-order valence-corrected chi connectivity index (χ4v) is 3.06. The summed E-state index contributed by atoms with van der Waals surface area (Å²) in [5, 5.41) is 0. The Balaban J connectivity index is 1.70. The van der Waals surface area contributed by atoms with Crippen LogP contribution in [-0.2, 0) is 14.3 Å². The normalized spacial score (nSPS) is 22.0. The average molecular weight is 303 g/mol. The van der Waals surface area contributed by atoms with E-state index in [1.165, 1.54) is 11.3 Å². The number of benzene rings is 1. The van der Waals surface area contributed by atoms with Crippen molar-refractivity contribution in [2.24, 2.45) is 0 Å². The first-order chi connectivity index (χ1) is 10.6. The SMILES string of the molecule is C[C@@H]1Oc2ccccc2N(CC(=O)OC2CCCCC2)C1=O. The van der Waals surface area contributed by atoms with E-state index in [0.717, 1.165) is 25.7 Å². The Morgan fingerprint density at radius 3 is 2.77 bits per heavy atom. The molecule has 1 amide bonds. The van der Waals surface area contributed by atoms with Gasteiger partial charge in [0.05, 0.1) is 5.69 Å².